The van der Waals surface area contributed by atoms with Gasteiger partial charge < -0.3 is 19.9 Å². The van der Waals surface area contributed by atoms with Crippen molar-refractivity contribution < 1.29 is 14.2 Å². The molecule has 1 aromatic carbocycles. The maximum atomic E-state index is 6.41. The van der Waals surface area contributed by atoms with Crippen LogP contribution in [0.1, 0.15) is 139 Å². The van der Waals surface area contributed by atoms with Crippen LogP contribution in [0.25, 0.3) is 0 Å². The first-order valence-corrected chi connectivity index (χ1v) is 16.8. The van der Waals surface area contributed by atoms with Crippen LogP contribution >= 0.6 is 0 Å². The number of nitrogens with two attached hydrogens (primary N) is 1. The second-order valence-corrected chi connectivity index (χ2v) is 14.0. The SMILES string of the molecule is CC(C)CCCC(C)CCOc1cc(N)cc(OCCC(C)CCCC(C)C)c1OCCC(C)CCCC(C)C. The molecule has 0 aliphatic heterocycles. The van der Waals surface area contributed by atoms with E-state index in [1.165, 1.54) is 57.8 Å². The number of ether oxygens (including phenoxy) is 3. The quantitative estimate of drug-likeness (QED) is 0.128. The van der Waals surface area contributed by atoms with E-state index in [4.69, 9.17) is 19.9 Å². The molecule has 1 rings (SSSR count). The fourth-order valence-corrected chi connectivity index (χ4v) is 5.11. The second kappa shape index (κ2) is 21.2. The second-order valence-electron chi connectivity index (χ2n) is 14.0. The van der Waals surface area contributed by atoms with E-state index in [0.29, 0.717) is 43.3 Å². The van der Waals surface area contributed by atoms with Crippen LogP contribution < -0.4 is 19.9 Å². The van der Waals surface area contributed by atoms with E-state index >= 15 is 0 Å². The molecule has 40 heavy (non-hydrogen) atoms. The van der Waals surface area contributed by atoms with E-state index in [-0.39, 0.29) is 0 Å². The van der Waals surface area contributed by atoms with Crippen LogP contribution in [0.15, 0.2) is 12.1 Å². The highest BCUT2D eigenvalue weighted by atomic mass is 16.5. The van der Waals surface area contributed by atoms with E-state index in [1.54, 1.807) is 0 Å². The minimum Gasteiger partial charge on any atom is -0.489 e. The Labute approximate surface area is 249 Å². The summed E-state index contributed by atoms with van der Waals surface area (Å²) in [5, 5.41) is 0. The Morgan fingerprint density at radius 1 is 0.475 bits per heavy atom. The van der Waals surface area contributed by atoms with Crippen molar-refractivity contribution in [3.05, 3.63) is 12.1 Å². The summed E-state index contributed by atoms with van der Waals surface area (Å²) < 4.78 is 19.1. The van der Waals surface area contributed by atoms with Crippen molar-refractivity contribution in [2.45, 2.75) is 139 Å². The van der Waals surface area contributed by atoms with Gasteiger partial charge in [0.15, 0.2) is 11.5 Å². The Bertz CT molecular complexity index is 713. The summed E-state index contributed by atoms with van der Waals surface area (Å²) in [6.45, 7) is 22.8. The Kier molecular flexibility index (Phi) is 19.3. The molecule has 0 saturated heterocycles. The van der Waals surface area contributed by atoms with Gasteiger partial charge in [-0.2, -0.15) is 0 Å². The first kappa shape index (κ1) is 36.4. The Hall–Kier alpha value is -1.58. The maximum absolute atomic E-state index is 6.41. The Morgan fingerprint density at radius 2 is 0.800 bits per heavy atom. The fraction of sp³-hybridized carbons (Fsp3) is 0.833. The molecule has 0 fully saturated rings. The molecule has 0 amide bonds. The zero-order chi connectivity index (χ0) is 29.9. The van der Waals surface area contributed by atoms with Crippen molar-refractivity contribution >= 4 is 5.69 Å². The Balaban J connectivity index is 2.79. The normalized spacial score (nSPS) is 14.1. The van der Waals surface area contributed by atoms with Gasteiger partial charge in [-0.05, 0) is 54.8 Å². The van der Waals surface area contributed by atoms with Crippen LogP contribution in [-0.2, 0) is 0 Å². The molecule has 3 unspecified atom stereocenters. The lowest BCUT2D eigenvalue weighted by molar-refractivity contribution is 0.216. The van der Waals surface area contributed by atoms with Crippen LogP contribution in [0.4, 0.5) is 5.69 Å². The molecule has 0 spiro atoms. The van der Waals surface area contributed by atoms with Crippen molar-refractivity contribution in [2.24, 2.45) is 35.5 Å². The molecule has 0 aromatic heterocycles. The zero-order valence-corrected chi connectivity index (χ0v) is 28.0. The molecule has 4 nitrogen and oxygen atoms in total. The highest BCUT2D eigenvalue weighted by Gasteiger charge is 2.17. The van der Waals surface area contributed by atoms with Gasteiger partial charge in [0.25, 0.3) is 0 Å². The van der Waals surface area contributed by atoms with Gasteiger partial charge in [0.2, 0.25) is 5.75 Å². The van der Waals surface area contributed by atoms with Gasteiger partial charge in [-0.3, -0.25) is 0 Å². The van der Waals surface area contributed by atoms with Crippen molar-refractivity contribution in [1.82, 2.24) is 0 Å². The van der Waals surface area contributed by atoms with Crippen LogP contribution in [0, 0.1) is 35.5 Å². The number of rotatable bonds is 24. The number of hydrogen-bond donors (Lipinski definition) is 1. The molecule has 3 atom stereocenters. The molecule has 0 bridgehead atoms. The molecule has 0 radical (unpaired) electrons. The van der Waals surface area contributed by atoms with Crippen LogP contribution in [0.3, 0.4) is 0 Å². The third-order valence-corrected chi connectivity index (χ3v) is 8.07. The molecule has 4 heteroatoms. The van der Waals surface area contributed by atoms with Gasteiger partial charge in [0.1, 0.15) is 0 Å². The molecule has 234 valence electrons. The molecule has 0 heterocycles. The number of nitrogen functional groups attached to an aromatic ring is 1. The molecule has 1 aromatic rings. The average Bonchev–Trinajstić information content (AvgIpc) is 2.84. The maximum Gasteiger partial charge on any atom is 0.203 e. The summed E-state index contributed by atoms with van der Waals surface area (Å²) in [6.07, 6.45) is 14.6. The van der Waals surface area contributed by atoms with Gasteiger partial charge in [0.05, 0.1) is 19.8 Å². The largest absolute Gasteiger partial charge is 0.489 e. The highest BCUT2D eigenvalue weighted by Crippen LogP contribution is 2.40. The third kappa shape index (κ3) is 18.0. The summed E-state index contributed by atoms with van der Waals surface area (Å²) in [7, 11) is 0. The van der Waals surface area contributed by atoms with Crippen LogP contribution in [0.5, 0.6) is 17.2 Å². The lowest BCUT2D eigenvalue weighted by atomic mass is 9.97. The number of anilines is 1. The van der Waals surface area contributed by atoms with E-state index in [0.717, 1.165) is 54.3 Å². The minimum absolute atomic E-state index is 0.639. The van der Waals surface area contributed by atoms with E-state index in [1.807, 2.05) is 12.1 Å². The monoisotopic (exact) mass is 562 g/mol. The average molecular weight is 562 g/mol. The molecule has 2 N–H and O–H groups in total. The smallest absolute Gasteiger partial charge is 0.203 e. The molecular formula is C36H67NO3. The first-order valence-electron chi connectivity index (χ1n) is 16.8. The zero-order valence-electron chi connectivity index (χ0n) is 28.0. The lowest BCUT2D eigenvalue weighted by Crippen LogP contribution is -2.11. The summed E-state index contributed by atoms with van der Waals surface area (Å²) in [4.78, 5) is 0. The van der Waals surface area contributed by atoms with Gasteiger partial charge >= 0.3 is 0 Å². The van der Waals surface area contributed by atoms with Crippen LogP contribution in [0.2, 0.25) is 0 Å². The van der Waals surface area contributed by atoms with E-state index in [9.17, 15) is 0 Å². The minimum atomic E-state index is 0.639. The van der Waals surface area contributed by atoms with E-state index < -0.39 is 0 Å². The number of benzene rings is 1. The van der Waals surface area contributed by atoms with Gasteiger partial charge in [-0.25, -0.2) is 0 Å². The Morgan fingerprint density at radius 3 is 1.12 bits per heavy atom. The first-order chi connectivity index (χ1) is 19.0. The van der Waals surface area contributed by atoms with E-state index in [2.05, 4.69) is 62.3 Å². The summed E-state index contributed by atoms with van der Waals surface area (Å²) >= 11 is 0. The molecular weight excluding hydrogens is 494 g/mol. The highest BCUT2D eigenvalue weighted by molar-refractivity contribution is 5.60. The standard InChI is InChI=1S/C36H67NO3/c1-27(2)13-10-16-30(7)19-22-38-34-25-33(37)26-35(39-23-20-31(8)17-11-14-28(3)4)36(34)40-24-21-32(9)18-12-15-29(5)6/h25-32H,10-24,37H2,1-9H3. The van der Waals surface area contributed by atoms with Crippen molar-refractivity contribution in [3.8, 4) is 17.2 Å². The molecule has 0 aliphatic rings. The lowest BCUT2D eigenvalue weighted by Gasteiger charge is -2.20. The predicted molar refractivity (Wildman–Crippen MR) is 175 cm³/mol. The summed E-state index contributed by atoms with van der Waals surface area (Å²) in [5.74, 6) is 6.41. The predicted octanol–water partition coefficient (Wildman–Crippen LogP) is 11.0. The summed E-state index contributed by atoms with van der Waals surface area (Å²) in [6, 6.07) is 3.82. The topological polar surface area (TPSA) is 53.7 Å². The fourth-order valence-electron chi connectivity index (χ4n) is 5.11. The molecule has 0 aliphatic carbocycles. The van der Waals surface area contributed by atoms with Gasteiger partial charge in [0, 0.05) is 17.8 Å². The van der Waals surface area contributed by atoms with Gasteiger partial charge in [-0.1, -0.05) is 120 Å². The van der Waals surface area contributed by atoms with Crippen molar-refractivity contribution in [2.75, 3.05) is 25.6 Å². The number of hydrogen-bond acceptors (Lipinski definition) is 4. The van der Waals surface area contributed by atoms with Crippen LogP contribution in [-0.4, -0.2) is 19.8 Å². The van der Waals surface area contributed by atoms with Gasteiger partial charge in [-0.15, -0.1) is 0 Å². The van der Waals surface area contributed by atoms with Crippen molar-refractivity contribution in [1.29, 1.82) is 0 Å². The summed E-state index contributed by atoms with van der Waals surface area (Å²) in [5.41, 5.74) is 6.98. The molecule has 0 saturated carbocycles. The van der Waals surface area contributed by atoms with Crippen molar-refractivity contribution in [3.63, 3.8) is 0 Å². The third-order valence-electron chi connectivity index (χ3n) is 8.07.